The number of hydrogen-bond donors (Lipinski definition) is 1. The molecule has 0 heterocycles. The molecule has 156 valence electrons. The maximum Gasteiger partial charge on any atom is 0.340 e. The number of anilines is 2. The molecule has 0 saturated heterocycles. The van der Waals surface area contributed by atoms with Crippen molar-refractivity contribution in [2.24, 2.45) is 0 Å². The van der Waals surface area contributed by atoms with E-state index >= 15 is 0 Å². The van der Waals surface area contributed by atoms with Crippen molar-refractivity contribution in [2.75, 3.05) is 33.1 Å². The Bertz CT molecular complexity index is 1040. The molecule has 11 heteroatoms. The molecule has 2 rings (SSSR count). The molecule has 2 aromatic carbocycles. The van der Waals surface area contributed by atoms with Crippen molar-refractivity contribution in [3.8, 4) is 5.75 Å². The number of hydrogen-bond acceptors (Lipinski definition) is 8. The van der Waals surface area contributed by atoms with E-state index in [-0.39, 0.29) is 34.2 Å². The zero-order valence-corrected chi connectivity index (χ0v) is 17.1. The predicted molar refractivity (Wildman–Crippen MR) is 106 cm³/mol. The first-order valence-corrected chi connectivity index (χ1v) is 9.89. The second-order valence-corrected chi connectivity index (χ2v) is 8.11. The summed E-state index contributed by atoms with van der Waals surface area (Å²) in [5.74, 6) is -0.591. The molecule has 0 spiro atoms. The minimum absolute atomic E-state index is 0.0594. The number of benzene rings is 2. The number of sulfonamides is 1. The number of non-ortho nitro benzene ring substituents is 1. The summed E-state index contributed by atoms with van der Waals surface area (Å²) in [4.78, 5) is 22.4. The summed E-state index contributed by atoms with van der Waals surface area (Å²) in [5.41, 5.74) is 0.221. The van der Waals surface area contributed by atoms with Crippen molar-refractivity contribution in [1.29, 1.82) is 0 Å². The lowest BCUT2D eigenvalue weighted by molar-refractivity contribution is -0.384. The minimum Gasteiger partial charge on any atom is -0.492 e. The van der Waals surface area contributed by atoms with Crippen LogP contribution in [0.4, 0.5) is 17.1 Å². The molecule has 29 heavy (non-hydrogen) atoms. The van der Waals surface area contributed by atoms with E-state index in [9.17, 15) is 23.3 Å². The van der Waals surface area contributed by atoms with Gasteiger partial charge in [-0.05, 0) is 31.2 Å². The van der Waals surface area contributed by atoms with E-state index < -0.39 is 20.9 Å². The third kappa shape index (κ3) is 4.81. The Morgan fingerprint density at radius 1 is 1.21 bits per heavy atom. The molecule has 2 aromatic rings. The van der Waals surface area contributed by atoms with E-state index in [2.05, 4.69) is 10.1 Å². The molecular formula is C18H21N3O7S. The van der Waals surface area contributed by atoms with Crippen LogP contribution < -0.4 is 10.1 Å². The van der Waals surface area contributed by atoms with Crippen molar-refractivity contribution >= 4 is 33.1 Å². The molecule has 0 amide bonds. The molecule has 0 aliphatic carbocycles. The van der Waals surface area contributed by atoms with Crippen molar-refractivity contribution in [1.82, 2.24) is 4.31 Å². The summed E-state index contributed by atoms with van der Waals surface area (Å²) in [6.07, 6.45) is 0. The van der Waals surface area contributed by atoms with E-state index in [1.165, 1.54) is 38.4 Å². The molecule has 0 atom stereocenters. The van der Waals surface area contributed by atoms with Crippen LogP contribution in [0, 0.1) is 10.1 Å². The van der Waals surface area contributed by atoms with Crippen LogP contribution in [0.2, 0.25) is 0 Å². The topological polar surface area (TPSA) is 128 Å². The van der Waals surface area contributed by atoms with Gasteiger partial charge in [-0.2, -0.15) is 0 Å². The van der Waals surface area contributed by atoms with Crippen LogP contribution in [0.15, 0.2) is 41.3 Å². The molecular weight excluding hydrogens is 402 g/mol. The Balaban J connectivity index is 2.55. The molecule has 0 unspecified atom stereocenters. The molecule has 0 bridgehead atoms. The largest absolute Gasteiger partial charge is 0.492 e. The van der Waals surface area contributed by atoms with Gasteiger partial charge in [-0.25, -0.2) is 17.5 Å². The van der Waals surface area contributed by atoms with Crippen molar-refractivity contribution in [2.45, 2.75) is 11.8 Å². The molecule has 1 N–H and O–H groups in total. The monoisotopic (exact) mass is 423 g/mol. The molecule has 0 fully saturated rings. The normalized spacial score (nSPS) is 11.2. The quantitative estimate of drug-likeness (QED) is 0.390. The first kappa shape index (κ1) is 22.1. The lowest BCUT2D eigenvalue weighted by atomic mass is 10.1. The number of nitrogens with zero attached hydrogens (tertiary/aromatic N) is 2. The zero-order chi connectivity index (χ0) is 21.8. The smallest absolute Gasteiger partial charge is 0.340 e. The fraction of sp³-hybridized carbons (Fsp3) is 0.278. The maximum absolute atomic E-state index is 12.6. The first-order valence-electron chi connectivity index (χ1n) is 8.45. The summed E-state index contributed by atoms with van der Waals surface area (Å²) in [5, 5.41) is 13.9. The van der Waals surface area contributed by atoms with Gasteiger partial charge in [0.15, 0.2) is 0 Å². The summed E-state index contributed by atoms with van der Waals surface area (Å²) in [6, 6.07) is 8.08. The number of nitro groups is 1. The van der Waals surface area contributed by atoms with E-state index in [4.69, 9.17) is 4.74 Å². The number of esters is 1. The van der Waals surface area contributed by atoms with Crippen LogP contribution in [0.3, 0.4) is 0 Å². The second-order valence-electron chi connectivity index (χ2n) is 5.99. The Labute approximate surface area is 168 Å². The van der Waals surface area contributed by atoms with Crippen LogP contribution in [0.25, 0.3) is 0 Å². The van der Waals surface area contributed by atoms with Crippen molar-refractivity contribution in [3.63, 3.8) is 0 Å². The lowest BCUT2D eigenvalue weighted by Crippen LogP contribution is -2.23. The van der Waals surface area contributed by atoms with Gasteiger partial charge >= 0.3 is 5.97 Å². The second kappa shape index (κ2) is 8.88. The van der Waals surface area contributed by atoms with Gasteiger partial charge in [0.2, 0.25) is 10.0 Å². The van der Waals surface area contributed by atoms with Gasteiger partial charge in [-0.3, -0.25) is 10.1 Å². The molecule has 0 radical (unpaired) electrons. The number of ether oxygens (including phenoxy) is 2. The standard InChI is InChI=1S/C18H21N3O7S/c1-5-28-16-9-6-12(10-17(16)29(25,26)20(2)3)19-15-8-7-13(21(23)24)11-14(15)18(22)27-4/h6-11,19H,5H2,1-4H3. The molecule has 0 aromatic heterocycles. The number of carbonyl (C=O) groups is 1. The number of rotatable bonds is 8. The van der Waals surface area contributed by atoms with E-state index in [1.807, 2.05) is 0 Å². The van der Waals surface area contributed by atoms with Gasteiger partial charge in [-0.15, -0.1) is 0 Å². The highest BCUT2D eigenvalue weighted by atomic mass is 32.2. The van der Waals surface area contributed by atoms with Crippen LogP contribution in [0.1, 0.15) is 17.3 Å². The van der Waals surface area contributed by atoms with Gasteiger partial charge in [0, 0.05) is 31.9 Å². The van der Waals surface area contributed by atoms with Gasteiger partial charge in [0.05, 0.1) is 29.9 Å². The fourth-order valence-electron chi connectivity index (χ4n) is 2.45. The summed E-state index contributed by atoms with van der Waals surface area (Å²) >= 11 is 0. The number of methoxy groups -OCH3 is 1. The Hall–Kier alpha value is -3.18. The van der Waals surface area contributed by atoms with Crippen LogP contribution in [-0.4, -0.2) is 51.4 Å². The Morgan fingerprint density at radius 3 is 2.45 bits per heavy atom. The summed E-state index contributed by atoms with van der Waals surface area (Å²) in [7, 11) is 0.149. The van der Waals surface area contributed by atoms with E-state index in [1.54, 1.807) is 13.0 Å². The van der Waals surface area contributed by atoms with Gasteiger partial charge in [-0.1, -0.05) is 0 Å². The molecule has 0 saturated carbocycles. The van der Waals surface area contributed by atoms with E-state index in [0.29, 0.717) is 5.69 Å². The van der Waals surface area contributed by atoms with Crippen LogP contribution >= 0.6 is 0 Å². The zero-order valence-electron chi connectivity index (χ0n) is 16.3. The Kier molecular flexibility index (Phi) is 6.77. The molecule has 0 aliphatic rings. The third-order valence-corrected chi connectivity index (χ3v) is 5.74. The van der Waals surface area contributed by atoms with Crippen molar-refractivity contribution in [3.05, 3.63) is 52.1 Å². The SMILES string of the molecule is CCOc1ccc(Nc2ccc([N+](=O)[O-])cc2C(=O)OC)cc1S(=O)(=O)N(C)C. The first-order chi connectivity index (χ1) is 13.6. The van der Waals surface area contributed by atoms with Gasteiger partial charge < -0.3 is 14.8 Å². The van der Waals surface area contributed by atoms with Crippen LogP contribution in [-0.2, 0) is 14.8 Å². The van der Waals surface area contributed by atoms with Gasteiger partial charge in [0.25, 0.3) is 5.69 Å². The number of carbonyl (C=O) groups excluding carboxylic acids is 1. The van der Waals surface area contributed by atoms with Crippen molar-refractivity contribution < 1.29 is 27.6 Å². The highest BCUT2D eigenvalue weighted by Crippen LogP contribution is 2.32. The molecule has 10 nitrogen and oxygen atoms in total. The minimum atomic E-state index is -3.81. The maximum atomic E-state index is 12.6. The third-order valence-electron chi connectivity index (χ3n) is 3.90. The average Bonchev–Trinajstić information content (AvgIpc) is 2.68. The van der Waals surface area contributed by atoms with E-state index in [0.717, 1.165) is 17.5 Å². The highest BCUT2D eigenvalue weighted by molar-refractivity contribution is 7.89. The number of nitrogens with one attached hydrogen (secondary N) is 1. The fourth-order valence-corrected chi connectivity index (χ4v) is 3.50. The molecule has 0 aliphatic heterocycles. The summed E-state index contributed by atoms with van der Waals surface area (Å²) < 4.78 is 36.4. The van der Waals surface area contributed by atoms with Crippen LogP contribution in [0.5, 0.6) is 5.75 Å². The number of nitro benzene ring substituents is 1. The summed E-state index contributed by atoms with van der Waals surface area (Å²) in [6.45, 7) is 2.01. The van der Waals surface area contributed by atoms with Gasteiger partial charge in [0.1, 0.15) is 10.6 Å². The Morgan fingerprint density at radius 2 is 1.90 bits per heavy atom. The highest BCUT2D eigenvalue weighted by Gasteiger charge is 2.24. The average molecular weight is 423 g/mol. The lowest BCUT2D eigenvalue weighted by Gasteiger charge is -2.17. The predicted octanol–water partition coefficient (Wildman–Crippen LogP) is 2.77.